The molecule has 150 valence electrons. The van der Waals surface area contributed by atoms with E-state index in [0.29, 0.717) is 32.6 Å². The molecule has 2 aromatic carbocycles. The van der Waals surface area contributed by atoms with Crippen LogP contribution in [0.3, 0.4) is 0 Å². The van der Waals surface area contributed by atoms with Gasteiger partial charge in [-0.05, 0) is 11.1 Å². The number of amides is 1. The van der Waals surface area contributed by atoms with E-state index in [2.05, 4.69) is 0 Å². The van der Waals surface area contributed by atoms with Crippen LogP contribution in [0.4, 0.5) is 0 Å². The second-order valence-electron chi connectivity index (χ2n) is 7.15. The molecule has 28 heavy (non-hydrogen) atoms. The van der Waals surface area contributed by atoms with Gasteiger partial charge in [0.1, 0.15) is 0 Å². The molecular formula is C21H27N3O3S. The SMILES string of the molecule is CN(C)S(=O)(=O)N1CCN(C(=O)CC(c2ccccc2)c2ccccc2)CC1. The quantitative estimate of drug-likeness (QED) is 0.745. The van der Waals surface area contributed by atoms with Crippen LogP contribution in [0.5, 0.6) is 0 Å². The van der Waals surface area contributed by atoms with E-state index in [0.717, 1.165) is 11.1 Å². The van der Waals surface area contributed by atoms with E-state index in [1.165, 1.54) is 22.7 Å². The molecule has 2 aromatic rings. The number of nitrogens with zero attached hydrogens (tertiary/aromatic N) is 3. The predicted molar refractivity (Wildman–Crippen MR) is 110 cm³/mol. The summed E-state index contributed by atoms with van der Waals surface area (Å²) >= 11 is 0. The third kappa shape index (κ3) is 4.60. The van der Waals surface area contributed by atoms with Gasteiger partial charge in [0.2, 0.25) is 5.91 Å². The van der Waals surface area contributed by atoms with Crippen molar-refractivity contribution in [3.63, 3.8) is 0 Å². The van der Waals surface area contributed by atoms with Crippen molar-refractivity contribution in [3.8, 4) is 0 Å². The summed E-state index contributed by atoms with van der Waals surface area (Å²) in [5, 5.41) is 0. The van der Waals surface area contributed by atoms with E-state index < -0.39 is 10.2 Å². The average molecular weight is 402 g/mol. The monoisotopic (exact) mass is 401 g/mol. The fraction of sp³-hybridized carbons (Fsp3) is 0.381. The largest absolute Gasteiger partial charge is 0.340 e. The zero-order valence-electron chi connectivity index (χ0n) is 16.4. The summed E-state index contributed by atoms with van der Waals surface area (Å²) in [6.45, 7) is 1.49. The van der Waals surface area contributed by atoms with E-state index >= 15 is 0 Å². The van der Waals surface area contributed by atoms with Gasteiger partial charge in [0, 0.05) is 52.6 Å². The van der Waals surface area contributed by atoms with Crippen LogP contribution in [0.2, 0.25) is 0 Å². The molecule has 0 saturated carbocycles. The summed E-state index contributed by atoms with van der Waals surface area (Å²) in [4.78, 5) is 14.8. The van der Waals surface area contributed by atoms with Crippen LogP contribution in [0, 0.1) is 0 Å². The van der Waals surface area contributed by atoms with Crippen molar-refractivity contribution in [1.82, 2.24) is 13.5 Å². The molecule has 1 aliphatic heterocycles. The lowest BCUT2D eigenvalue weighted by molar-refractivity contribution is -0.132. The Labute approximate surface area is 167 Å². The molecule has 1 saturated heterocycles. The highest BCUT2D eigenvalue weighted by Gasteiger charge is 2.31. The maximum absolute atomic E-state index is 13.0. The summed E-state index contributed by atoms with van der Waals surface area (Å²) in [7, 11) is -0.379. The minimum atomic E-state index is -3.43. The molecule has 0 unspecified atom stereocenters. The van der Waals surface area contributed by atoms with Crippen molar-refractivity contribution in [2.45, 2.75) is 12.3 Å². The fourth-order valence-corrected chi connectivity index (χ4v) is 4.59. The van der Waals surface area contributed by atoms with Crippen LogP contribution in [0.1, 0.15) is 23.5 Å². The zero-order chi connectivity index (χ0) is 20.1. The first-order chi connectivity index (χ1) is 13.4. The molecule has 0 N–H and O–H groups in total. The lowest BCUT2D eigenvalue weighted by Gasteiger charge is -2.35. The van der Waals surface area contributed by atoms with Crippen molar-refractivity contribution in [3.05, 3.63) is 71.8 Å². The van der Waals surface area contributed by atoms with Crippen molar-refractivity contribution in [1.29, 1.82) is 0 Å². The molecule has 0 radical (unpaired) electrons. The highest BCUT2D eigenvalue weighted by atomic mass is 32.2. The van der Waals surface area contributed by atoms with Crippen LogP contribution in [-0.4, -0.2) is 68.1 Å². The first-order valence-corrected chi connectivity index (χ1v) is 10.8. The Hall–Kier alpha value is -2.22. The number of piperazine rings is 1. The lowest BCUT2D eigenvalue weighted by Crippen LogP contribution is -2.53. The van der Waals surface area contributed by atoms with Gasteiger partial charge in [-0.1, -0.05) is 60.7 Å². The highest BCUT2D eigenvalue weighted by molar-refractivity contribution is 7.86. The Morgan fingerprint density at radius 2 is 1.36 bits per heavy atom. The molecule has 1 aliphatic rings. The number of carbonyl (C=O) groups excluding carboxylic acids is 1. The predicted octanol–water partition coefficient (Wildman–Crippen LogP) is 2.16. The van der Waals surface area contributed by atoms with Crippen molar-refractivity contribution >= 4 is 16.1 Å². The molecule has 1 heterocycles. The van der Waals surface area contributed by atoms with E-state index in [1.807, 2.05) is 60.7 Å². The van der Waals surface area contributed by atoms with Crippen molar-refractivity contribution in [2.75, 3.05) is 40.3 Å². The Balaban J connectivity index is 1.70. The van der Waals surface area contributed by atoms with Gasteiger partial charge in [-0.3, -0.25) is 4.79 Å². The second-order valence-corrected chi connectivity index (χ2v) is 9.29. The minimum Gasteiger partial charge on any atom is -0.340 e. The van der Waals surface area contributed by atoms with Gasteiger partial charge in [0.15, 0.2) is 0 Å². The van der Waals surface area contributed by atoms with Crippen LogP contribution >= 0.6 is 0 Å². The second kappa shape index (κ2) is 8.86. The molecule has 3 rings (SSSR count). The fourth-order valence-electron chi connectivity index (χ4n) is 3.50. The topological polar surface area (TPSA) is 60.9 Å². The molecular weight excluding hydrogens is 374 g/mol. The van der Waals surface area contributed by atoms with Gasteiger partial charge in [-0.25, -0.2) is 0 Å². The molecule has 1 amide bonds. The summed E-state index contributed by atoms with van der Waals surface area (Å²) in [5.74, 6) is 0.0399. The number of hydrogen-bond acceptors (Lipinski definition) is 3. The van der Waals surface area contributed by atoms with Crippen molar-refractivity contribution in [2.24, 2.45) is 0 Å². The number of hydrogen-bond donors (Lipinski definition) is 0. The van der Waals surface area contributed by atoms with E-state index in [-0.39, 0.29) is 11.8 Å². The normalized spacial score (nSPS) is 15.9. The smallest absolute Gasteiger partial charge is 0.281 e. The van der Waals surface area contributed by atoms with E-state index in [4.69, 9.17) is 0 Å². The van der Waals surface area contributed by atoms with Gasteiger partial charge in [0.25, 0.3) is 10.2 Å². The van der Waals surface area contributed by atoms with Crippen LogP contribution in [0.15, 0.2) is 60.7 Å². The summed E-state index contributed by atoms with van der Waals surface area (Å²) in [6, 6.07) is 20.1. The minimum absolute atomic E-state index is 0.0153. The summed E-state index contributed by atoms with van der Waals surface area (Å²) in [5.41, 5.74) is 2.21. The van der Waals surface area contributed by atoms with E-state index in [9.17, 15) is 13.2 Å². The number of carbonyl (C=O) groups is 1. The van der Waals surface area contributed by atoms with Gasteiger partial charge in [-0.2, -0.15) is 17.0 Å². The Kier molecular flexibility index (Phi) is 6.49. The molecule has 0 spiro atoms. The molecule has 0 atom stereocenters. The molecule has 0 bridgehead atoms. The summed E-state index contributed by atoms with van der Waals surface area (Å²) < 4.78 is 27.2. The molecule has 7 heteroatoms. The Morgan fingerprint density at radius 3 is 1.79 bits per heavy atom. The number of benzene rings is 2. The van der Waals surface area contributed by atoms with Gasteiger partial charge < -0.3 is 4.90 Å². The third-order valence-electron chi connectivity index (χ3n) is 5.16. The Morgan fingerprint density at radius 1 is 0.893 bits per heavy atom. The third-order valence-corrected chi connectivity index (χ3v) is 7.10. The van der Waals surface area contributed by atoms with E-state index in [1.54, 1.807) is 4.90 Å². The van der Waals surface area contributed by atoms with Gasteiger partial charge in [0.05, 0.1) is 0 Å². The van der Waals surface area contributed by atoms with Crippen molar-refractivity contribution < 1.29 is 13.2 Å². The molecule has 1 fully saturated rings. The average Bonchev–Trinajstić information content (AvgIpc) is 2.73. The van der Waals surface area contributed by atoms with Crippen LogP contribution in [0.25, 0.3) is 0 Å². The first kappa shape index (κ1) is 20.5. The maximum atomic E-state index is 13.0. The van der Waals surface area contributed by atoms with Gasteiger partial charge in [-0.15, -0.1) is 0 Å². The lowest BCUT2D eigenvalue weighted by atomic mass is 9.88. The van der Waals surface area contributed by atoms with Gasteiger partial charge >= 0.3 is 0 Å². The Bertz CT molecular complexity index is 838. The summed E-state index contributed by atoms with van der Waals surface area (Å²) in [6.07, 6.45) is 0.370. The van der Waals surface area contributed by atoms with Crippen LogP contribution in [-0.2, 0) is 15.0 Å². The highest BCUT2D eigenvalue weighted by Crippen LogP contribution is 2.28. The van der Waals surface area contributed by atoms with Crippen LogP contribution < -0.4 is 0 Å². The standard InChI is InChI=1S/C21H27N3O3S/c1-22(2)28(26,27)24-15-13-23(14-16-24)21(25)17-20(18-9-5-3-6-10-18)19-11-7-4-8-12-19/h3-12,20H,13-17H2,1-2H3. The maximum Gasteiger partial charge on any atom is 0.281 e. The molecule has 0 aliphatic carbocycles. The number of rotatable bonds is 6. The molecule has 6 nitrogen and oxygen atoms in total. The zero-order valence-corrected chi connectivity index (χ0v) is 17.2. The first-order valence-electron chi connectivity index (χ1n) is 9.45. The molecule has 0 aromatic heterocycles.